The number of carbonyl (C=O) groups excluding carboxylic acids is 3. The highest BCUT2D eigenvalue weighted by atomic mass is 16.5. The predicted molar refractivity (Wildman–Crippen MR) is 103 cm³/mol. The van der Waals surface area contributed by atoms with Gasteiger partial charge in [-0.05, 0) is 62.8 Å². The zero-order valence-electron chi connectivity index (χ0n) is 16.1. The first-order valence-corrected chi connectivity index (χ1v) is 9.67. The summed E-state index contributed by atoms with van der Waals surface area (Å²) in [6.07, 6.45) is 8.23. The second-order valence-electron chi connectivity index (χ2n) is 7.01. The van der Waals surface area contributed by atoms with Gasteiger partial charge < -0.3 is 19.7 Å². The van der Waals surface area contributed by atoms with Crippen LogP contribution in [0.15, 0.2) is 36.0 Å². The van der Waals surface area contributed by atoms with Gasteiger partial charge in [0.05, 0.1) is 7.11 Å². The van der Waals surface area contributed by atoms with Crippen molar-refractivity contribution in [2.75, 3.05) is 20.3 Å². The summed E-state index contributed by atoms with van der Waals surface area (Å²) in [6.45, 7) is -0.588. The summed E-state index contributed by atoms with van der Waals surface area (Å²) in [6, 6.07) is 6.78. The molecule has 0 radical (unpaired) electrons. The third-order valence-electron chi connectivity index (χ3n) is 4.86. The molecule has 7 nitrogen and oxygen atoms in total. The van der Waals surface area contributed by atoms with Gasteiger partial charge in [0.15, 0.2) is 6.61 Å². The third-order valence-corrected chi connectivity index (χ3v) is 4.86. The standard InChI is InChI=1S/C21H26N2O5/c1-27-18-11-7-15(8-12-18)21(26)22-13-20(25)28-14-19(24)23(17-9-10-17)16-5-3-2-4-6-16/h5,7-8,11-12,17H,2-4,6,9-10,13-14H2,1H3,(H,22,26). The van der Waals surface area contributed by atoms with E-state index in [-0.39, 0.29) is 25.1 Å². The van der Waals surface area contributed by atoms with Crippen LogP contribution in [0.25, 0.3) is 0 Å². The molecule has 0 unspecified atom stereocenters. The maximum absolute atomic E-state index is 12.6. The van der Waals surface area contributed by atoms with Crippen LogP contribution in [0, 0.1) is 0 Å². The molecule has 1 fully saturated rings. The van der Waals surface area contributed by atoms with Crippen molar-refractivity contribution in [3.05, 3.63) is 41.6 Å². The quantitative estimate of drug-likeness (QED) is 0.694. The number of carbonyl (C=O) groups is 3. The predicted octanol–water partition coefficient (Wildman–Crippen LogP) is 2.42. The minimum Gasteiger partial charge on any atom is -0.497 e. The summed E-state index contributed by atoms with van der Waals surface area (Å²) in [5.41, 5.74) is 1.47. The molecule has 0 aromatic heterocycles. The average molecular weight is 386 g/mol. The maximum Gasteiger partial charge on any atom is 0.325 e. The Bertz CT molecular complexity index is 753. The van der Waals surface area contributed by atoms with Gasteiger partial charge in [0.2, 0.25) is 0 Å². The van der Waals surface area contributed by atoms with Gasteiger partial charge in [0, 0.05) is 17.3 Å². The van der Waals surface area contributed by atoms with E-state index in [0.29, 0.717) is 11.3 Å². The number of methoxy groups -OCH3 is 1. The lowest BCUT2D eigenvalue weighted by Crippen LogP contribution is -2.38. The summed E-state index contributed by atoms with van der Waals surface area (Å²) < 4.78 is 10.1. The van der Waals surface area contributed by atoms with Crippen LogP contribution in [0.3, 0.4) is 0 Å². The summed E-state index contributed by atoms with van der Waals surface area (Å²) in [5, 5.41) is 2.50. The first kappa shape index (κ1) is 19.9. The number of esters is 1. The van der Waals surface area contributed by atoms with E-state index in [9.17, 15) is 14.4 Å². The lowest BCUT2D eigenvalue weighted by Gasteiger charge is -2.27. The molecule has 0 aliphatic heterocycles. The first-order chi connectivity index (χ1) is 13.6. The zero-order valence-corrected chi connectivity index (χ0v) is 16.1. The molecule has 0 heterocycles. The molecular weight excluding hydrogens is 360 g/mol. The van der Waals surface area contributed by atoms with Crippen molar-refractivity contribution in [3.63, 3.8) is 0 Å². The summed E-state index contributed by atoms with van der Waals surface area (Å²) in [4.78, 5) is 38.3. The molecule has 2 amide bonds. The van der Waals surface area contributed by atoms with Gasteiger partial charge in [-0.2, -0.15) is 0 Å². The lowest BCUT2D eigenvalue weighted by atomic mass is 10.0. The van der Waals surface area contributed by atoms with E-state index in [1.54, 1.807) is 31.4 Å². The van der Waals surface area contributed by atoms with Crippen molar-refractivity contribution in [2.24, 2.45) is 0 Å². The molecule has 1 aromatic rings. The number of allylic oxidation sites excluding steroid dienone is 2. The van der Waals surface area contributed by atoms with Crippen LogP contribution in [0.5, 0.6) is 5.75 Å². The highest BCUT2D eigenvalue weighted by Gasteiger charge is 2.35. The molecule has 0 spiro atoms. The Morgan fingerprint density at radius 1 is 1.14 bits per heavy atom. The van der Waals surface area contributed by atoms with Crippen molar-refractivity contribution in [2.45, 2.75) is 44.6 Å². The Morgan fingerprint density at radius 3 is 2.50 bits per heavy atom. The Morgan fingerprint density at radius 2 is 1.89 bits per heavy atom. The molecule has 1 N–H and O–H groups in total. The molecule has 150 valence electrons. The van der Waals surface area contributed by atoms with Crippen molar-refractivity contribution in [1.82, 2.24) is 10.2 Å². The molecular formula is C21H26N2O5. The normalized spacial score (nSPS) is 16.0. The highest BCUT2D eigenvalue weighted by Crippen LogP contribution is 2.33. The van der Waals surface area contributed by atoms with Crippen molar-refractivity contribution in [1.29, 1.82) is 0 Å². The smallest absolute Gasteiger partial charge is 0.325 e. The van der Waals surface area contributed by atoms with Crippen molar-refractivity contribution < 1.29 is 23.9 Å². The van der Waals surface area contributed by atoms with Gasteiger partial charge in [-0.25, -0.2) is 0 Å². The molecule has 7 heteroatoms. The first-order valence-electron chi connectivity index (χ1n) is 9.67. The summed E-state index contributed by atoms with van der Waals surface area (Å²) >= 11 is 0. The Kier molecular flexibility index (Phi) is 6.68. The average Bonchev–Trinajstić information content (AvgIpc) is 3.56. The van der Waals surface area contributed by atoms with Crippen LogP contribution in [-0.2, 0) is 14.3 Å². The molecule has 0 saturated heterocycles. The molecule has 1 saturated carbocycles. The Labute approximate surface area is 164 Å². The Balaban J connectivity index is 1.44. The number of amides is 2. The molecule has 3 rings (SSSR count). The second kappa shape index (κ2) is 9.39. The number of hydrogen-bond acceptors (Lipinski definition) is 5. The molecule has 0 bridgehead atoms. The fraction of sp³-hybridized carbons (Fsp3) is 0.476. The van der Waals surface area contributed by atoms with Gasteiger partial charge in [-0.3, -0.25) is 14.4 Å². The number of benzene rings is 1. The van der Waals surface area contributed by atoms with Gasteiger partial charge >= 0.3 is 5.97 Å². The number of hydrogen-bond donors (Lipinski definition) is 1. The molecule has 0 atom stereocenters. The topological polar surface area (TPSA) is 84.9 Å². The SMILES string of the molecule is COc1ccc(C(=O)NCC(=O)OCC(=O)N(C2=CCCCC2)C2CC2)cc1. The van der Waals surface area contributed by atoms with E-state index >= 15 is 0 Å². The van der Waals surface area contributed by atoms with Crippen molar-refractivity contribution >= 4 is 17.8 Å². The van der Waals surface area contributed by atoms with E-state index in [1.165, 1.54) is 0 Å². The summed E-state index contributed by atoms with van der Waals surface area (Å²) in [7, 11) is 1.54. The van der Waals surface area contributed by atoms with Crippen LogP contribution in [-0.4, -0.2) is 49.0 Å². The third kappa shape index (κ3) is 5.34. The molecule has 2 aliphatic rings. The van der Waals surface area contributed by atoms with Crippen LogP contribution >= 0.6 is 0 Å². The van der Waals surface area contributed by atoms with Crippen molar-refractivity contribution in [3.8, 4) is 5.75 Å². The van der Waals surface area contributed by atoms with Crippen LogP contribution in [0.4, 0.5) is 0 Å². The lowest BCUT2D eigenvalue weighted by molar-refractivity contribution is -0.150. The number of nitrogens with one attached hydrogen (secondary N) is 1. The number of ether oxygens (including phenoxy) is 2. The molecule has 1 aromatic carbocycles. The van der Waals surface area contributed by atoms with Gasteiger partial charge in [-0.15, -0.1) is 0 Å². The van der Waals surface area contributed by atoms with E-state index in [1.807, 2.05) is 4.90 Å². The van der Waals surface area contributed by atoms with E-state index in [4.69, 9.17) is 9.47 Å². The number of nitrogens with zero attached hydrogens (tertiary/aromatic N) is 1. The second-order valence-corrected chi connectivity index (χ2v) is 7.01. The maximum atomic E-state index is 12.6. The fourth-order valence-corrected chi connectivity index (χ4v) is 3.23. The van der Waals surface area contributed by atoms with Crippen LogP contribution in [0.1, 0.15) is 48.9 Å². The van der Waals surface area contributed by atoms with E-state index in [0.717, 1.165) is 44.2 Å². The van der Waals surface area contributed by atoms with Gasteiger partial charge in [0.1, 0.15) is 12.3 Å². The van der Waals surface area contributed by atoms with Gasteiger partial charge in [-0.1, -0.05) is 6.08 Å². The Hall–Kier alpha value is -2.83. The minimum atomic E-state index is -0.636. The van der Waals surface area contributed by atoms with E-state index < -0.39 is 11.9 Å². The zero-order chi connectivity index (χ0) is 19.9. The van der Waals surface area contributed by atoms with Gasteiger partial charge in [0.25, 0.3) is 11.8 Å². The summed E-state index contributed by atoms with van der Waals surface area (Å²) in [5.74, 6) is -0.574. The monoisotopic (exact) mass is 386 g/mol. The van der Waals surface area contributed by atoms with Crippen LogP contribution in [0.2, 0.25) is 0 Å². The fourth-order valence-electron chi connectivity index (χ4n) is 3.23. The largest absolute Gasteiger partial charge is 0.497 e. The molecule has 28 heavy (non-hydrogen) atoms. The van der Waals surface area contributed by atoms with Crippen LogP contribution < -0.4 is 10.1 Å². The minimum absolute atomic E-state index is 0.189. The molecule has 2 aliphatic carbocycles. The highest BCUT2D eigenvalue weighted by molar-refractivity contribution is 5.96. The number of rotatable bonds is 8. The van der Waals surface area contributed by atoms with E-state index in [2.05, 4.69) is 11.4 Å².